The second kappa shape index (κ2) is 6.70. The first-order chi connectivity index (χ1) is 13.1. The molecule has 0 radical (unpaired) electrons. The summed E-state index contributed by atoms with van der Waals surface area (Å²) in [6.45, 7) is 4.59. The molecular weight excluding hydrogens is 346 g/mol. The van der Waals surface area contributed by atoms with Crippen molar-refractivity contribution in [3.05, 3.63) is 29.3 Å². The smallest absolute Gasteiger partial charge is 0.190 e. The SMILES string of the molecule is COc1c(F)ccc(CN2CCN(C34CC5CC(CC(C5)C3)C4)CC2)c1F. The van der Waals surface area contributed by atoms with Gasteiger partial charge >= 0.3 is 0 Å². The van der Waals surface area contributed by atoms with Crippen LogP contribution in [0.3, 0.4) is 0 Å². The lowest BCUT2D eigenvalue weighted by atomic mass is 9.52. The highest BCUT2D eigenvalue weighted by Gasteiger charge is 2.53. The third-order valence-electron chi connectivity index (χ3n) is 7.78. The van der Waals surface area contributed by atoms with Gasteiger partial charge in [-0.25, -0.2) is 8.78 Å². The zero-order chi connectivity index (χ0) is 18.6. The highest BCUT2D eigenvalue weighted by atomic mass is 19.1. The highest BCUT2D eigenvalue weighted by molar-refractivity contribution is 5.32. The number of halogens is 2. The first kappa shape index (κ1) is 17.9. The van der Waals surface area contributed by atoms with Crippen LogP contribution in [0, 0.1) is 29.4 Å². The van der Waals surface area contributed by atoms with E-state index >= 15 is 0 Å². The summed E-state index contributed by atoms with van der Waals surface area (Å²) >= 11 is 0. The lowest BCUT2D eigenvalue weighted by Crippen LogP contribution is -2.63. The summed E-state index contributed by atoms with van der Waals surface area (Å²) < 4.78 is 33.0. The Bertz CT molecular complexity index is 679. The van der Waals surface area contributed by atoms with Crippen molar-refractivity contribution in [1.82, 2.24) is 9.80 Å². The summed E-state index contributed by atoms with van der Waals surface area (Å²) in [6.07, 6.45) is 8.65. The van der Waals surface area contributed by atoms with Gasteiger partial charge in [-0.1, -0.05) is 6.07 Å². The van der Waals surface area contributed by atoms with E-state index in [0.717, 1.165) is 43.9 Å². The number of nitrogens with zero attached hydrogens (tertiary/aromatic N) is 2. The number of ether oxygens (including phenoxy) is 1. The Labute approximate surface area is 160 Å². The monoisotopic (exact) mass is 376 g/mol. The van der Waals surface area contributed by atoms with E-state index in [9.17, 15) is 8.78 Å². The van der Waals surface area contributed by atoms with Crippen LogP contribution in [0.15, 0.2) is 12.1 Å². The predicted octanol–water partition coefficient (Wildman–Crippen LogP) is 4.06. The summed E-state index contributed by atoms with van der Waals surface area (Å²) in [7, 11) is 1.31. The van der Waals surface area contributed by atoms with E-state index in [-0.39, 0.29) is 5.75 Å². The van der Waals surface area contributed by atoms with Gasteiger partial charge in [0.1, 0.15) is 0 Å². The fourth-order valence-corrected chi connectivity index (χ4v) is 6.96. The third-order valence-corrected chi connectivity index (χ3v) is 7.78. The first-order valence-electron chi connectivity index (χ1n) is 10.5. The molecule has 5 fully saturated rings. The van der Waals surface area contributed by atoms with Crippen molar-refractivity contribution in [1.29, 1.82) is 0 Å². The van der Waals surface area contributed by atoms with Crippen LogP contribution in [-0.2, 0) is 6.54 Å². The van der Waals surface area contributed by atoms with Gasteiger partial charge in [0.25, 0.3) is 0 Å². The Morgan fingerprint density at radius 3 is 2.11 bits per heavy atom. The Hall–Kier alpha value is -1.20. The average Bonchev–Trinajstić information content (AvgIpc) is 2.64. The largest absolute Gasteiger partial charge is 0.491 e. The van der Waals surface area contributed by atoms with E-state index in [0.29, 0.717) is 17.6 Å². The van der Waals surface area contributed by atoms with Gasteiger partial charge in [-0.15, -0.1) is 0 Å². The Kier molecular flexibility index (Phi) is 4.43. The van der Waals surface area contributed by atoms with Crippen LogP contribution in [0.1, 0.15) is 44.1 Å². The van der Waals surface area contributed by atoms with Crippen LogP contribution in [0.25, 0.3) is 0 Å². The predicted molar refractivity (Wildman–Crippen MR) is 101 cm³/mol. The van der Waals surface area contributed by atoms with Crippen molar-refractivity contribution in [3.8, 4) is 5.75 Å². The van der Waals surface area contributed by atoms with E-state index in [4.69, 9.17) is 4.74 Å². The molecule has 0 atom stereocenters. The van der Waals surface area contributed by atoms with Crippen molar-refractivity contribution >= 4 is 0 Å². The van der Waals surface area contributed by atoms with Crippen molar-refractivity contribution in [2.45, 2.75) is 50.6 Å². The quantitative estimate of drug-likeness (QED) is 0.788. The molecule has 5 heteroatoms. The molecule has 1 aromatic rings. The Morgan fingerprint density at radius 2 is 1.56 bits per heavy atom. The van der Waals surface area contributed by atoms with Crippen molar-refractivity contribution in [2.75, 3.05) is 33.3 Å². The minimum Gasteiger partial charge on any atom is -0.491 e. The molecule has 0 aromatic heterocycles. The van der Waals surface area contributed by atoms with Crippen molar-refractivity contribution < 1.29 is 13.5 Å². The molecule has 0 unspecified atom stereocenters. The molecule has 1 aliphatic heterocycles. The minimum atomic E-state index is -0.634. The van der Waals surface area contributed by atoms with Crippen LogP contribution >= 0.6 is 0 Å². The van der Waals surface area contributed by atoms with Crippen LogP contribution in [0.5, 0.6) is 5.75 Å². The molecule has 148 valence electrons. The fourth-order valence-electron chi connectivity index (χ4n) is 6.96. The molecular formula is C22H30F2N2O. The van der Waals surface area contributed by atoms with E-state index in [1.165, 1.54) is 51.7 Å². The number of hydrogen-bond donors (Lipinski definition) is 0. The maximum atomic E-state index is 14.5. The van der Waals surface area contributed by atoms with Crippen LogP contribution in [0.4, 0.5) is 8.78 Å². The summed E-state index contributed by atoms with van der Waals surface area (Å²) in [5.74, 6) is 1.45. The topological polar surface area (TPSA) is 15.7 Å². The molecule has 4 aliphatic carbocycles. The standard InChI is InChI=1S/C22H30F2N2O/c1-27-21-19(23)3-2-18(20(21)24)14-25-4-6-26(7-5-25)22-11-15-8-16(12-22)10-17(9-15)13-22/h2-3,15-17H,4-14H2,1H3. The number of benzene rings is 1. The van der Waals surface area contributed by atoms with Crippen molar-refractivity contribution in [3.63, 3.8) is 0 Å². The molecule has 0 N–H and O–H groups in total. The molecule has 1 heterocycles. The summed E-state index contributed by atoms with van der Waals surface area (Å²) in [5, 5.41) is 0. The molecule has 1 saturated heterocycles. The minimum absolute atomic E-state index is 0.264. The zero-order valence-corrected chi connectivity index (χ0v) is 16.2. The van der Waals surface area contributed by atoms with Gasteiger partial charge in [-0.3, -0.25) is 9.80 Å². The lowest BCUT2D eigenvalue weighted by Gasteiger charge is -2.61. The van der Waals surface area contributed by atoms with E-state index in [1.54, 1.807) is 6.07 Å². The number of rotatable bonds is 4. The van der Waals surface area contributed by atoms with Crippen LogP contribution in [-0.4, -0.2) is 48.6 Å². The summed E-state index contributed by atoms with van der Waals surface area (Å²) in [5.41, 5.74) is 0.988. The van der Waals surface area contributed by atoms with Gasteiger partial charge in [0, 0.05) is 43.8 Å². The Balaban J connectivity index is 1.24. The second-order valence-electron chi connectivity index (χ2n) is 9.46. The van der Waals surface area contributed by atoms with Gasteiger partial charge in [0.2, 0.25) is 0 Å². The maximum Gasteiger partial charge on any atom is 0.190 e. The molecule has 0 spiro atoms. The summed E-state index contributed by atoms with van der Waals surface area (Å²) in [4.78, 5) is 5.07. The van der Waals surface area contributed by atoms with Crippen LogP contribution < -0.4 is 4.74 Å². The van der Waals surface area contributed by atoms with E-state index < -0.39 is 11.6 Å². The van der Waals surface area contributed by atoms with Gasteiger partial charge < -0.3 is 4.74 Å². The number of piperazine rings is 1. The molecule has 6 rings (SSSR count). The first-order valence-corrected chi connectivity index (χ1v) is 10.5. The molecule has 5 aliphatic rings. The molecule has 0 amide bonds. The maximum absolute atomic E-state index is 14.5. The molecule has 27 heavy (non-hydrogen) atoms. The summed E-state index contributed by atoms with van der Waals surface area (Å²) in [6, 6.07) is 2.86. The van der Waals surface area contributed by atoms with Crippen molar-refractivity contribution in [2.24, 2.45) is 17.8 Å². The van der Waals surface area contributed by atoms with Crippen LogP contribution in [0.2, 0.25) is 0 Å². The fraction of sp³-hybridized carbons (Fsp3) is 0.727. The van der Waals surface area contributed by atoms with Gasteiger partial charge in [-0.2, -0.15) is 0 Å². The molecule has 4 bridgehead atoms. The number of hydrogen-bond acceptors (Lipinski definition) is 3. The number of methoxy groups -OCH3 is 1. The molecule has 4 saturated carbocycles. The zero-order valence-electron chi connectivity index (χ0n) is 16.2. The van der Waals surface area contributed by atoms with E-state index in [2.05, 4.69) is 9.80 Å². The molecule has 3 nitrogen and oxygen atoms in total. The van der Waals surface area contributed by atoms with Gasteiger partial charge in [0.05, 0.1) is 7.11 Å². The average molecular weight is 376 g/mol. The lowest BCUT2D eigenvalue weighted by molar-refractivity contribution is -0.102. The normalized spacial score (nSPS) is 36.3. The van der Waals surface area contributed by atoms with E-state index in [1.807, 2.05) is 0 Å². The second-order valence-corrected chi connectivity index (χ2v) is 9.46. The third kappa shape index (κ3) is 3.07. The molecule has 1 aromatic carbocycles. The Morgan fingerprint density at radius 1 is 0.963 bits per heavy atom. The van der Waals surface area contributed by atoms with Gasteiger partial charge in [-0.05, 0) is 62.3 Å². The highest BCUT2D eigenvalue weighted by Crippen LogP contribution is 2.57. The van der Waals surface area contributed by atoms with Gasteiger partial charge in [0.15, 0.2) is 17.4 Å².